The number of hydrogen-bond donors (Lipinski definition) is 1. The van der Waals surface area contributed by atoms with E-state index in [4.69, 9.17) is 12.2 Å². The molecule has 0 radical (unpaired) electrons. The van der Waals surface area contributed by atoms with E-state index in [2.05, 4.69) is 30.9 Å². The molecule has 1 rings (SSSR count). The molecule has 0 fully saturated rings. The summed E-state index contributed by atoms with van der Waals surface area (Å²) in [5.74, 6) is 0.953. The van der Waals surface area contributed by atoms with Crippen molar-refractivity contribution in [2.24, 2.45) is 0 Å². The van der Waals surface area contributed by atoms with E-state index < -0.39 is 0 Å². The molecule has 1 heterocycles. The van der Waals surface area contributed by atoms with E-state index in [0.29, 0.717) is 4.77 Å². The summed E-state index contributed by atoms with van der Waals surface area (Å²) < 4.78 is 2.51. The second kappa shape index (κ2) is 3.01. The second-order valence-corrected chi connectivity index (χ2v) is 4.21. The third-order valence-corrected chi connectivity index (χ3v) is 2.02. The highest BCUT2D eigenvalue weighted by Gasteiger charge is 2.17. The van der Waals surface area contributed by atoms with Gasteiger partial charge >= 0.3 is 0 Å². The van der Waals surface area contributed by atoms with Gasteiger partial charge in [-0.05, 0) is 19.1 Å². The van der Waals surface area contributed by atoms with Gasteiger partial charge in [-0.3, -0.25) is 9.78 Å². The predicted molar refractivity (Wildman–Crippen MR) is 51.8 cm³/mol. The molecule has 4 heteroatoms. The molecule has 0 saturated carbocycles. The number of aromatic nitrogens is 3. The molecule has 0 aliphatic carbocycles. The monoisotopic (exact) mass is 185 g/mol. The minimum Gasteiger partial charge on any atom is -0.283 e. The van der Waals surface area contributed by atoms with Crippen LogP contribution < -0.4 is 0 Å². The molecular formula is C8H15N3S. The lowest BCUT2D eigenvalue weighted by molar-refractivity contribution is 0.530. The third kappa shape index (κ3) is 1.75. The highest BCUT2D eigenvalue weighted by molar-refractivity contribution is 7.71. The smallest absolute Gasteiger partial charge is 0.216 e. The van der Waals surface area contributed by atoms with Gasteiger partial charge in [-0.2, -0.15) is 0 Å². The van der Waals surface area contributed by atoms with Gasteiger partial charge in [0.05, 0.1) is 0 Å². The maximum absolute atomic E-state index is 5.06. The van der Waals surface area contributed by atoms with Gasteiger partial charge in [0.25, 0.3) is 0 Å². The van der Waals surface area contributed by atoms with E-state index in [1.54, 1.807) is 0 Å². The van der Waals surface area contributed by atoms with E-state index in [9.17, 15) is 0 Å². The fourth-order valence-corrected chi connectivity index (χ4v) is 1.17. The van der Waals surface area contributed by atoms with Crippen molar-refractivity contribution in [3.8, 4) is 0 Å². The first-order valence-electron chi connectivity index (χ1n) is 4.12. The van der Waals surface area contributed by atoms with E-state index in [0.717, 1.165) is 12.4 Å². The highest BCUT2D eigenvalue weighted by atomic mass is 32.1. The molecule has 3 nitrogen and oxygen atoms in total. The molecule has 0 unspecified atom stereocenters. The van der Waals surface area contributed by atoms with E-state index in [-0.39, 0.29) is 5.41 Å². The molecule has 0 spiro atoms. The molecule has 0 amide bonds. The number of aryl methyl sites for hydroxylation is 1. The maximum atomic E-state index is 5.06. The van der Waals surface area contributed by atoms with Crippen LogP contribution in [0, 0.1) is 4.77 Å². The number of nitrogens with zero attached hydrogens (tertiary/aromatic N) is 2. The zero-order valence-electron chi connectivity index (χ0n) is 8.01. The number of rotatable bonds is 1. The Kier molecular flexibility index (Phi) is 2.37. The summed E-state index contributed by atoms with van der Waals surface area (Å²) >= 11 is 5.06. The lowest BCUT2D eigenvalue weighted by Crippen LogP contribution is -2.14. The fourth-order valence-electron chi connectivity index (χ4n) is 0.906. The fraction of sp³-hybridized carbons (Fsp3) is 0.750. The van der Waals surface area contributed by atoms with E-state index in [1.165, 1.54) is 0 Å². The third-order valence-electron chi connectivity index (χ3n) is 1.71. The number of nitrogens with one attached hydrogen (secondary N) is 1. The Morgan fingerprint density at radius 3 is 2.33 bits per heavy atom. The van der Waals surface area contributed by atoms with Crippen LogP contribution in [0.3, 0.4) is 0 Å². The summed E-state index contributed by atoms with van der Waals surface area (Å²) in [5, 5.41) is 3.17. The average Bonchev–Trinajstić information content (AvgIpc) is 2.29. The average molecular weight is 185 g/mol. The Hall–Kier alpha value is -0.640. The van der Waals surface area contributed by atoms with Crippen molar-refractivity contribution in [1.29, 1.82) is 0 Å². The van der Waals surface area contributed by atoms with Crippen molar-refractivity contribution in [2.75, 3.05) is 0 Å². The van der Waals surface area contributed by atoms with Crippen molar-refractivity contribution in [2.45, 2.75) is 39.7 Å². The molecule has 0 aromatic carbocycles. The van der Waals surface area contributed by atoms with Crippen LogP contribution in [-0.4, -0.2) is 14.8 Å². The summed E-state index contributed by atoms with van der Waals surface area (Å²) in [6, 6.07) is 0. The number of H-pyrrole nitrogens is 1. The van der Waals surface area contributed by atoms with Crippen LogP contribution in [0.5, 0.6) is 0 Å². The number of hydrogen-bond acceptors (Lipinski definition) is 2. The number of aromatic amines is 1. The first-order chi connectivity index (χ1) is 5.45. The molecule has 1 N–H and O–H groups in total. The minimum atomic E-state index is 0.0496. The normalized spacial score (nSPS) is 12.0. The Morgan fingerprint density at radius 1 is 1.50 bits per heavy atom. The molecule has 0 atom stereocenters. The molecule has 0 saturated heterocycles. The van der Waals surface area contributed by atoms with Crippen LogP contribution in [0.1, 0.15) is 33.5 Å². The largest absolute Gasteiger partial charge is 0.283 e. The Bertz CT molecular complexity index is 316. The Labute approximate surface area is 77.8 Å². The van der Waals surface area contributed by atoms with Crippen molar-refractivity contribution in [1.82, 2.24) is 14.8 Å². The van der Waals surface area contributed by atoms with Gasteiger partial charge in [0.2, 0.25) is 4.77 Å². The van der Waals surface area contributed by atoms with Crippen molar-refractivity contribution < 1.29 is 0 Å². The lowest BCUT2D eigenvalue weighted by atomic mass is 9.96. The van der Waals surface area contributed by atoms with Crippen LogP contribution in [0.25, 0.3) is 0 Å². The first kappa shape index (κ1) is 9.45. The summed E-state index contributed by atoms with van der Waals surface area (Å²) in [4.78, 5) is 4.27. The minimum absolute atomic E-state index is 0.0496. The Morgan fingerprint density at radius 2 is 2.08 bits per heavy atom. The second-order valence-electron chi connectivity index (χ2n) is 3.85. The summed E-state index contributed by atoms with van der Waals surface area (Å²) in [6.07, 6.45) is 0. The standard InChI is InChI=1S/C8H15N3S/c1-5-11-7(12)9-6(10-11)8(2,3)4/h5H2,1-4H3,(H,9,10,12). The summed E-state index contributed by atoms with van der Waals surface area (Å²) in [6.45, 7) is 9.23. The van der Waals surface area contributed by atoms with Gasteiger partial charge in [0.1, 0.15) is 5.82 Å². The maximum Gasteiger partial charge on any atom is 0.216 e. The summed E-state index contributed by atoms with van der Waals surface area (Å²) in [5.41, 5.74) is 0.0496. The predicted octanol–water partition coefficient (Wildman–Crippen LogP) is 2.26. The molecule has 0 bridgehead atoms. The molecule has 0 aliphatic rings. The Balaban J connectivity index is 3.14. The zero-order valence-corrected chi connectivity index (χ0v) is 8.83. The van der Waals surface area contributed by atoms with Crippen LogP contribution in [0.15, 0.2) is 0 Å². The van der Waals surface area contributed by atoms with Gasteiger partial charge in [0, 0.05) is 12.0 Å². The molecule has 0 aliphatic heterocycles. The van der Waals surface area contributed by atoms with E-state index in [1.807, 2.05) is 11.6 Å². The topological polar surface area (TPSA) is 33.6 Å². The highest BCUT2D eigenvalue weighted by Crippen LogP contribution is 2.17. The molecule has 12 heavy (non-hydrogen) atoms. The van der Waals surface area contributed by atoms with Gasteiger partial charge in [-0.15, -0.1) is 0 Å². The summed E-state index contributed by atoms with van der Waals surface area (Å²) in [7, 11) is 0. The quantitative estimate of drug-likeness (QED) is 0.681. The molecule has 68 valence electrons. The van der Waals surface area contributed by atoms with Crippen LogP contribution in [-0.2, 0) is 12.0 Å². The van der Waals surface area contributed by atoms with Gasteiger partial charge in [0.15, 0.2) is 0 Å². The van der Waals surface area contributed by atoms with Crippen LogP contribution >= 0.6 is 12.2 Å². The van der Waals surface area contributed by atoms with Crippen molar-refractivity contribution >= 4 is 12.2 Å². The van der Waals surface area contributed by atoms with Gasteiger partial charge < -0.3 is 0 Å². The SMILES string of the molecule is CCn1[nH]c(C(C)(C)C)nc1=S. The van der Waals surface area contributed by atoms with Crippen LogP contribution in [0.2, 0.25) is 0 Å². The van der Waals surface area contributed by atoms with Gasteiger partial charge in [-0.1, -0.05) is 20.8 Å². The molecule has 1 aromatic heterocycles. The van der Waals surface area contributed by atoms with E-state index >= 15 is 0 Å². The zero-order chi connectivity index (χ0) is 9.35. The van der Waals surface area contributed by atoms with Gasteiger partial charge in [-0.25, -0.2) is 4.98 Å². The molecule has 1 aromatic rings. The van der Waals surface area contributed by atoms with Crippen molar-refractivity contribution in [3.05, 3.63) is 10.6 Å². The molecular weight excluding hydrogens is 170 g/mol. The van der Waals surface area contributed by atoms with Crippen molar-refractivity contribution in [3.63, 3.8) is 0 Å². The van der Waals surface area contributed by atoms with Crippen LogP contribution in [0.4, 0.5) is 0 Å². The first-order valence-corrected chi connectivity index (χ1v) is 4.53. The lowest BCUT2D eigenvalue weighted by Gasteiger charge is -2.13.